The minimum atomic E-state index is -0.574. The van der Waals surface area contributed by atoms with Gasteiger partial charge in [-0.05, 0) is 63.5 Å². The Bertz CT molecular complexity index is 792. The highest BCUT2D eigenvalue weighted by atomic mass is 16.5. The summed E-state index contributed by atoms with van der Waals surface area (Å²) in [7, 11) is 0. The lowest BCUT2D eigenvalue weighted by atomic mass is 9.87. The molecule has 7 heteroatoms. The van der Waals surface area contributed by atoms with Gasteiger partial charge in [-0.15, -0.1) is 0 Å². The summed E-state index contributed by atoms with van der Waals surface area (Å²) in [5, 5.41) is 0. The molecule has 4 rings (SSSR count). The van der Waals surface area contributed by atoms with Crippen molar-refractivity contribution in [3.8, 4) is 0 Å². The van der Waals surface area contributed by atoms with E-state index in [1.165, 1.54) is 6.42 Å². The second-order valence-corrected chi connectivity index (χ2v) is 8.00. The number of guanidine groups is 2. The first-order valence-electron chi connectivity index (χ1n) is 10.4. The molecular weight excluding hydrogens is 354 g/mol. The Labute approximate surface area is 165 Å². The molecular formula is C21H29N5O2. The number of ether oxygens (including phenoxy) is 1. The molecule has 2 aliphatic carbocycles. The molecule has 1 aliphatic heterocycles. The molecule has 1 heterocycles. The van der Waals surface area contributed by atoms with Crippen LogP contribution >= 0.6 is 0 Å². The Hall–Kier alpha value is -2.57. The standard InChI is InChI=1S/C21H29N5O2/c22-19-24-20(23)26(21(25-19)13-7-2-8-14-21)17-12-6-5-11-16(17)18(27)28-15-9-3-1-4-10-15/h5-6,11-12,15H,1-4,7-10,13-14H2,(H4,22,23,24,25). The van der Waals surface area contributed by atoms with Crippen LogP contribution in [0.25, 0.3) is 0 Å². The Morgan fingerprint density at radius 2 is 1.71 bits per heavy atom. The van der Waals surface area contributed by atoms with Gasteiger partial charge >= 0.3 is 5.97 Å². The molecule has 0 atom stereocenters. The molecule has 7 nitrogen and oxygen atoms in total. The molecule has 150 valence electrons. The Kier molecular flexibility index (Phi) is 5.24. The van der Waals surface area contributed by atoms with Gasteiger partial charge in [0, 0.05) is 0 Å². The van der Waals surface area contributed by atoms with Crippen LogP contribution in [0.15, 0.2) is 34.3 Å². The van der Waals surface area contributed by atoms with Gasteiger partial charge in [-0.2, -0.15) is 4.99 Å². The average Bonchev–Trinajstić information content (AvgIpc) is 2.69. The van der Waals surface area contributed by atoms with Crippen molar-refractivity contribution in [3.05, 3.63) is 29.8 Å². The maximum atomic E-state index is 13.0. The molecule has 0 bridgehead atoms. The first kappa shape index (κ1) is 18.8. The predicted molar refractivity (Wildman–Crippen MR) is 110 cm³/mol. The lowest BCUT2D eigenvalue weighted by Gasteiger charge is -2.46. The van der Waals surface area contributed by atoms with E-state index in [0.717, 1.165) is 57.8 Å². The highest BCUT2D eigenvalue weighted by molar-refractivity contribution is 6.09. The van der Waals surface area contributed by atoms with Crippen LogP contribution in [-0.4, -0.2) is 29.7 Å². The SMILES string of the molecule is NC1=NC2(CCCCC2)N(c2ccccc2C(=O)OC2CCCCC2)C(N)=N1. The monoisotopic (exact) mass is 383 g/mol. The fourth-order valence-electron chi connectivity index (χ4n) is 4.71. The van der Waals surface area contributed by atoms with Gasteiger partial charge in [-0.3, -0.25) is 4.90 Å². The summed E-state index contributed by atoms with van der Waals surface area (Å²) in [4.78, 5) is 23.8. The summed E-state index contributed by atoms with van der Waals surface area (Å²) in [6.07, 6.45) is 10.2. The smallest absolute Gasteiger partial charge is 0.340 e. The molecule has 2 saturated carbocycles. The van der Waals surface area contributed by atoms with Crippen LogP contribution in [-0.2, 0) is 4.74 Å². The Balaban J connectivity index is 1.68. The molecule has 4 N–H and O–H groups in total. The topological polar surface area (TPSA) is 106 Å². The number of rotatable bonds is 3. The van der Waals surface area contributed by atoms with Crippen LogP contribution in [0.4, 0.5) is 5.69 Å². The van der Waals surface area contributed by atoms with E-state index in [4.69, 9.17) is 21.2 Å². The molecule has 28 heavy (non-hydrogen) atoms. The van der Waals surface area contributed by atoms with E-state index in [-0.39, 0.29) is 24.0 Å². The van der Waals surface area contributed by atoms with Crippen molar-refractivity contribution in [2.45, 2.75) is 76.0 Å². The van der Waals surface area contributed by atoms with Crippen LogP contribution in [0.3, 0.4) is 0 Å². The molecule has 2 fully saturated rings. The van der Waals surface area contributed by atoms with Crippen molar-refractivity contribution >= 4 is 23.6 Å². The summed E-state index contributed by atoms with van der Waals surface area (Å²) in [5.74, 6) is 0.189. The number of hydrogen-bond donors (Lipinski definition) is 2. The number of anilines is 1. The van der Waals surface area contributed by atoms with E-state index in [1.807, 2.05) is 23.1 Å². The molecule has 1 spiro atoms. The number of para-hydroxylation sites is 1. The van der Waals surface area contributed by atoms with E-state index in [0.29, 0.717) is 11.3 Å². The first-order valence-corrected chi connectivity index (χ1v) is 10.4. The number of nitrogens with zero attached hydrogens (tertiary/aromatic N) is 3. The maximum Gasteiger partial charge on any atom is 0.340 e. The van der Waals surface area contributed by atoms with Gasteiger partial charge in [0.15, 0.2) is 0 Å². The van der Waals surface area contributed by atoms with E-state index in [2.05, 4.69) is 4.99 Å². The van der Waals surface area contributed by atoms with Crippen molar-refractivity contribution in [1.29, 1.82) is 0 Å². The number of carbonyl (C=O) groups excluding carboxylic acids is 1. The normalized spacial score (nSPS) is 22.5. The second kappa shape index (κ2) is 7.81. The number of carbonyl (C=O) groups is 1. The van der Waals surface area contributed by atoms with Gasteiger partial charge < -0.3 is 16.2 Å². The van der Waals surface area contributed by atoms with Crippen molar-refractivity contribution < 1.29 is 9.53 Å². The van der Waals surface area contributed by atoms with Crippen LogP contribution in [0.1, 0.15) is 74.6 Å². The third-order valence-corrected chi connectivity index (χ3v) is 6.04. The molecule has 1 aromatic carbocycles. The van der Waals surface area contributed by atoms with E-state index < -0.39 is 5.66 Å². The summed E-state index contributed by atoms with van der Waals surface area (Å²) < 4.78 is 5.83. The predicted octanol–water partition coefficient (Wildman–Crippen LogP) is 3.29. The highest BCUT2D eigenvalue weighted by Crippen LogP contribution is 2.40. The van der Waals surface area contributed by atoms with Crippen molar-refractivity contribution in [2.75, 3.05) is 4.90 Å². The van der Waals surface area contributed by atoms with Gasteiger partial charge in [0.05, 0.1) is 11.3 Å². The third-order valence-electron chi connectivity index (χ3n) is 6.04. The van der Waals surface area contributed by atoms with Gasteiger partial charge in [-0.25, -0.2) is 9.79 Å². The maximum absolute atomic E-state index is 13.0. The summed E-state index contributed by atoms with van der Waals surface area (Å²) >= 11 is 0. The number of benzene rings is 1. The zero-order chi connectivity index (χ0) is 19.6. The molecule has 1 aromatic rings. The van der Waals surface area contributed by atoms with Crippen molar-refractivity contribution in [3.63, 3.8) is 0 Å². The zero-order valence-electron chi connectivity index (χ0n) is 16.3. The summed E-state index contributed by atoms with van der Waals surface area (Å²) in [6.45, 7) is 0. The molecule has 3 aliphatic rings. The number of hydrogen-bond acceptors (Lipinski definition) is 7. The van der Waals surface area contributed by atoms with Gasteiger partial charge in [-0.1, -0.05) is 25.0 Å². The van der Waals surface area contributed by atoms with Gasteiger partial charge in [0.25, 0.3) is 0 Å². The van der Waals surface area contributed by atoms with Crippen molar-refractivity contribution in [2.24, 2.45) is 21.5 Å². The van der Waals surface area contributed by atoms with Crippen LogP contribution in [0.5, 0.6) is 0 Å². The molecule has 0 unspecified atom stereocenters. The van der Waals surface area contributed by atoms with Crippen LogP contribution in [0, 0.1) is 0 Å². The minimum absolute atomic E-state index is 0.000943. The molecule has 0 aromatic heterocycles. The number of aliphatic imine (C=N–C) groups is 2. The molecule has 0 radical (unpaired) electrons. The fourth-order valence-corrected chi connectivity index (χ4v) is 4.71. The third kappa shape index (κ3) is 3.57. The largest absolute Gasteiger partial charge is 0.459 e. The van der Waals surface area contributed by atoms with Gasteiger partial charge in [0.2, 0.25) is 11.9 Å². The average molecular weight is 383 g/mol. The molecule has 0 amide bonds. The lowest BCUT2D eigenvalue weighted by Crippen LogP contribution is -2.58. The Morgan fingerprint density at radius 1 is 1.04 bits per heavy atom. The summed E-state index contributed by atoms with van der Waals surface area (Å²) in [6, 6.07) is 7.45. The number of nitrogens with two attached hydrogens (primary N) is 2. The van der Waals surface area contributed by atoms with E-state index in [1.54, 1.807) is 6.07 Å². The fraction of sp³-hybridized carbons (Fsp3) is 0.571. The second-order valence-electron chi connectivity index (χ2n) is 8.00. The van der Waals surface area contributed by atoms with Crippen LogP contribution in [0.2, 0.25) is 0 Å². The first-order chi connectivity index (χ1) is 13.6. The quantitative estimate of drug-likeness (QED) is 0.779. The Morgan fingerprint density at radius 3 is 2.46 bits per heavy atom. The van der Waals surface area contributed by atoms with Crippen LogP contribution < -0.4 is 16.4 Å². The molecule has 0 saturated heterocycles. The highest BCUT2D eigenvalue weighted by Gasteiger charge is 2.43. The summed E-state index contributed by atoms with van der Waals surface area (Å²) in [5.41, 5.74) is 12.9. The minimum Gasteiger partial charge on any atom is -0.459 e. The van der Waals surface area contributed by atoms with Crippen molar-refractivity contribution in [1.82, 2.24) is 0 Å². The number of esters is 1. The zero-order valence-corrected chi connectivity index (χ0v) is 16.3. The van der Waals surface area contributed by atoms with Gasteiger partial charge in [0.1, 0.15) is 11.8 Å². The van der Waals surface area contributed by atoms with E-state index in [9.17, 15) is 4.79 Å². The lowest BCUT2D eigenvalue weighted by molar-refractivity contribution is 0.0212. The van der Waals surface area contributed by atoms with E-state index >= 15 is 0 Å².